The maximum Gasteiger partial charge on any atom is 0.268 e. The summed E-state index contributed by atoms with van der Waals surface area (Å²) in [6, 6.07) is 10.5. The van der Waals surface area contributed by atoms with Crippen LogP contribution in [-0.4, -0.2) is 27.5 Å². The number of carbonyl (C=O) groups is 1. The van der Waals surface area contributed by atoms with Gasteiger partial charge in [0.05, 0.1) is 39.9 Å². The monoisotopic (exact) mass is 444 g/mol. The Morgan fingerprint density at radius 1 is 1.23 bits per heavy atom. The molecule has 1 aromatic heterocycles. The molecule has 3 aromatic rings. The Morgan fingerprint density at radius 3 is 2.68 bits per heavy atom. The number of nitrogens with zero attached hydrogens (tertiary/aromatic N) is 3. The van der Waals surface area contributed by atoms with Crippen LogP contribution in [0.25, 0.3) is 0 Å². The lowest BCUT2D eigenvalue weighted by Gasteiger charge is -2.10. The standard InChI is InChI=1S/C22H19ClF2N4O2/c1-12-21(13(2)29(27-12)11-14-6-8-15(24)9-7-14)26-22(30)19-10-18(28-31-19)20-16(23)4-3-5-17(20)25/h3-9,19H,10-11H2,1-2H3,(H,26,30). The Labute approximate surface area is 182 Å². The van der Waals surface area contributed by atoms with Crippen LogP contribution in [0.2, 0.25) is 5.02 Å². The third-order valence-electron chi connectivity index (χ3n) is 5.09. The first kappa shape index (κ1) is 21.0. The number of hydrogen-bond acceptors (Lipinski definition) is 4. The van der Waals surface area contributed by atoms with Crippen molar-refractivity contribution in [3.63, 3.8) is 0 Å². The summed E-state index contributed by atoms with van der Waals surface area (Å²) in [7, 11) is 0. The van der Waals surface area contributed by atoms with Gasteiger partial charge in [-0.15, -0.1) is 0 Å². The average molecular weight is 445 g/mol. The van der Waals surface area contributed by atoms with Crippen LogP contribution in [0.3, 0.4) is 0 Å². The van der Waals surface area contributed by atoms with Gasteiger partial charge in [-0.25, -0.2) is 8.78 Å². The van der Waals surface area contributed by atoms with E-state index in [0.29, 0.717) is 17.9 Å². The second kappa shape index (κ2) is 8.47. The molecule has 2 heterocycles. The molecule has 0 spiro atoms. The first-order valence-electron chi connectivity index (χ1n) is 9.60. The summed E-state index contributed by atoms with van der Waals surface area (Å²) in [6.45, 7) is 4.04. The summed E-state index contributed by atoms with van der Waals surface area (Å²) in [5, 5.41) is 11.4. The normalized spacial score (nSPS) is 15.5. The van der Waals surface area contributed by atoms with E-state index in [4.69, 9.17) is 16.4 Å². The van der Waals surface area contributed by atoms with Crippen molar-refractivity contribution < 1.29 is 18.4 Å². The van der Waals surface area contributed by atoms with E-state index in [1.54, 1.807) is 29.8 Å². The zero-order valence-electron chi connectivity index (χ0n) is 16.8. The van der Waals surface area contributed by atoms with Crippen molar-refractivity contribution >= 4 is 28.9 Å². The Balaban J connectivity index is 1.46. The number of carbonyl (C=O) groups excluding carboxylic acids is 1. The molecule has 2 aromatic carbocycles. The van der Waals surface area contributed by atoms with Gasteiger partial charge < -0.3 is 10.2 Å². The quantitative estimate of drug-likeness (QED) is 0.624. The smallest absolute Gasteiger partial charge is 0.268 e. The van der Waals surface area contributed by atoms with Crippen LogP contribution in [0, 0.1) is 25.5 Å². The third kappa shape index (κ3) is 4.29. The van der Waals surface area contributed by atoms with E-state index in [1.165, 1.54) is 24.3 Å². The van der Waals surface area contributed by atoms with E-state index in [1.807, 2.05) is 6.92 Å². The number of hydrogen-bond donors (Lipinski definition) is 1. The Hall–Kier alpha value is -3.26. The number of anilines is 1. The minimum atomic E-state index is -0.912. The molecule has 1 N–H and O–H groups in total. The molecule has 4 rings (SSSR count). The van der Waals surface area contributed by atoms with Gasteiger partial charge in [0.1, 0.15) is 11.6 Å². The summed E-state index contributed by atoms with van der Waals surface area (Å²) in [5.74, 6) is -1.25. The topological polar surface area (TPSA) is 68.5 Å². The number of benzene rings is 2. The number of rotatable bonds is 5. The summed E-state index contributed by atoms with van der Waals surface area (Å²) >= 11 is 6.08. The molecule has 0 bridgehead atoms. The van der Waals surface area contributed by atoms with Crippen LogP contribution in [0.5, 0.6) is 0 Å². The Bertz CT molecular complexity index is 1150. The molecule has 31 heavy (non-hydrogen) atoms. The predicted molar refractivity (Wildman–Crippen MR) is 113 cm³/mol. The molecule has 0 saturated carbocycles. The lowest BCUT2D eigenvalue weighted by Crippen LogP contribution is -2.28. The first-order valence-corrected chi connectivity index (χ1v) is 9.97. The van der Waals surface area contributed by atoms with Gasteiger partial charge in [-0.1, -0.05) is 35.0 Å². The van der Waals surface area contributed by atoms with Crippen LogP contribution in [0.1, 0.15) is 28.9 Å². The van der Waals surface area contributed by atoms with E-state index >= 15 is 0 Å². The van der Waals surface area contributed by atoms with E-state index in [0.717, 1.165) is 11.3 Å². The summed E-state index contributed by atoms with van der Waals surface area (Å²) < 4.78 is 29.0. The highest BCUT2D eigenvalue weighted by molar-refractivity contribution is 6.34. The van der Waals surface area contributed by atoms with Crippen LogP contribution >= 0.6 is 11.6 Å². The minimum absolute atomic E-state index is 0.0916. The van der Waals surface area contributed by atoms with Gasteiger partial charge in [-0.3, -0.25) is 9.48 Å². The molecule has 0 aliphatic carbocycles. The molecule has 160 valence electrons. The fourth-order valence-corrected chi connectivity index (χ4v) is 3.71. The fraction of sp³-hybridized carbons (Fsp3) is 0.227. The molecule has 1 amide bonds. The Morgan fingerprint density at radius 2 is 1.97 bits per heavy atom. The van der Waals surface area contributed by atoms with Gasteiger partial charge in [0.25, 0.3) is 5.91 Å². The van der Waals surface area contributed by atoms with Crippen molar-refractivity contribution in [3.8, 4) is 0 Å². The summed E-state index contributed by atoms with van der Waals surface area (Å²) in [5.41, 5.74) is 3.23. The zero-order chi connectivity index (χ0) is 22.1. The van der Waals surface area contributed by atoms with E-state index < -0.39 is 17.8 Å². The number of oxime groups is 1. The second-order valence-electron chi connectivity index (χ2n) is 7.25. The van der Waals surface area contributed by atoms with Crippen molar-refractivity contribution in [1.82, 2.24) is 9.78 Å². The molecule has 1 atom stereocenters. The van der Waals surface area contributed by atoms with Crippen molar-refractivity contribution in [3.05, 3.63) is 81.6 Å². The molecule has 0 saturated heterocycles. The van der Waals surface area contributed by atoms with Crippen molar-refractivity contribution in [2.75, 3.05) is 5.32 Å². The fourth-order valence-electron chi connectivity index (χ4n) is 3.44. The van der Waals surface area contributed by atoms with E-state index in [-0.39, 0.29) is 28.5 Å². The van der Waals surface area contributed by atoms with E-state index in [2.05, 4.69) is 15.6 Å². The molecular weight excluding hydrogens is 426 g/mol. The Kier molecular flexibility index (Phi) is 5.73. The third-order valence-corrected chi connectivity index (χ3v) is 5.40. The molecule has 6 nitrogen and oxygen atoms in total. The van der Waals surface area contributed by atoms with E-state index in [9.17, 15) is 13.6 Å². The molecule has 1 aliphatic rings. The van der Waals surface area contributed by atoms with Crippen LogP contribution in [0.4, 0.5) is 14.5 Å². The van der Waals surface area contributed by atoms with Crippen LogP contribution in [0.15, 0.2) is 47.6 Å². The zero-order valence-corrected chi connectivity index (χ0v) is 17.6. The minimum Gasteiger partial charge on any atom is -0.382 e. The average Bonchev–Trinajstić information content (AvgIpc) is 3.31. The van der Waals surface area contributed by atoms with Gasteiger partial charge >= 0.3 is 0 Å². The largest absolute Gasteiger partial charge is 0.382 e. The van der Waals surface area contributed by atoms with Gasteiger partial charge in [0, 0.05) is 6.42 Å². The van der Waals surface area contributed by atoms with Crippen LogP contribution < -0.4 is 5.32 Å². The molecule has 0 fully saturated rings. The summed E-state index contributed by atoms with van der Waals surface area (Å²) in [4.78, 5) is 18.0. The maximum atomic E-state index is 14.1. The number of amides is 1. The predicted octanol–water partition coefficient (Wildman–Crippen LogP) is 4.61. The highest BCUT2D eigenvalue weighted by Gasteiger charge is 2.32. The summed E-state index contributed by atoms with van der Waals surface area (Å²) in [6.07, 6.45) is -0.821. The maximum absolute atomic E-state index is 14.1. The molecule has 1 aliphatic heterocycles. The van der Waals surface area contributed by atoms with Crippen molar-refractivity contribution in [1.29, 1.82) is 0 Å². The lowest BCUT2D eigenvalue weighted by molar-refractivity contribution is -0.125. The molecule has 9 heteroatoms. The van der Waals surface area contributed by atoms with Crippen molar-refractivity contribution in [2.45, 2.75) is 32.9 Å². The van der Waals surface area contributed by atoms with Gasteiger partial charge in [0.2, 0.25) is 6.10 Å². The molecule has 0 radical (unpaired) electrons. The first-order chi connectivity index (χ1) is 14.8. The number of nitrogens with one attached hydrogen (secondary N) is 1. The second-order valence-corrected chi connectivity index (χ2v) is 7.66. The number of aryl methyl sites for hydroxylation is 1. The lowest BCUT2D eigenvalue weighted by atomic mass is 10.0. The number of aromatic nitrogens is 2. The molecular formula is C22H19ClF2N4O2. The number of halogens is 3. The highest BCUT2D eigenvalue weighted by Crippen LogP contribution is 2.27. The van der Waals surface area contributed by atoms with Gasteiger partial charge in [-0.2, -0.15) is 5.10 Å². The van der Waals surface area contributed by atoms with Gasteiger partial charge in [-0.05, 0) is 43.7 Å². The molecule has 1 unspecified atom stereocenters. The van der Waals surface area contributed by atoms with Crippen LogP contribution in [-0.2, 0) is 16.2 Å². The van der Waals surface area contributed by atoms with Gasteiger partial charge in [0.15, 0.2) is 0 Å². The SMILES string of the molecule is Cc1nn(Cc2ccc(F)cc2)c(C)c1NC(=O)C1CC(c2c(F)cccc2Cl)=NO1. The van der Waals surface area contributed by atoms with Crippen molar-refractivity contribution in [2.24, 2.45) is 5.16 Å². The highest BCUT2D eigenvalue weighted by atomic mass is 35.5.